The third-order valence-electron chi connectivity index (χ3n) is 7.64. The van der Waals surface area contributed by atoms with E-state index in [-0.39, 0.29) is 24.1 Å². The molecule has 6 unspecified atom stereocenters. The molecule has 2 aliphatic carbocycles. The maximum absolute atomic E-state index is 12.1. The summed E-state index contributed by atoms with van der Waals surface area (Å²) < 4.78 is 11.5. The first-order valence-electron chi connectivity index (χ1n) is 13.0. The standard InChI is InChI=1S/C28H46O4/c1-7-9-11-21-17-23(31-27(29)19(3)4)13-15-25(21)26-16-14-24(32-28(30)20(5)6)18-22(26)12-10-8-2/h21-26H,3,5,7-18H2,1-2,4,6H3. The zero-order valence-electron chi connectivity index (χ0n) is 21.0. The van der Waals surface area contributed by atoms with Crippen molar-refractivity contribution in [2.24, 2.45) is 23.7 Å². The van der Waals surface area contributed by atoms with Gasteiger partial charge in [0.2, 0.25) is 0 Å². The van der Waals surface area contributed by atoms with Crippen molar-refractivity contribution >= 4 is 11.9 Å². The molecule has 6 atom stereocenters. The lowest BCUT2D eigenvalue weighted by Gasteiger charge is -2.46. The van der Waals surface area contributed by atoms with Crippen LogP contribution in [0.2, 0.25) is 0 Å². The van der Waals surface area contributed by atoms with Crippen LogP contribution >= 0.6 is 0 Å². The van der Waals surface area contributed by atoms with E-state index in [1.54, 1.807) is 13.8 Å². The molecule has 0 radical (unpaired) electrons. The summed E-state index contributed by atoms with van der Waals surface area (Å²) in [6, 6.07) is 0. The largest absolute Gasteiger partial charge is 0.459 e. The first-order chi connectivity index (χ1) is 15.3. The van der Waals surface area contributed by atoms with E-state index in [0.717, 1.165) is 38.5 Å². The summed E-state index contributed by atoms with van der Waals surface area (Å²) in [6.07, 6.45) is 13.5. The van der Waals surface area contributed by atoms with Crippen LogP contribution in [0, 0.1) is 23.7 Å². The van der Waals surface area contributed by atoms with Crippen molar-refractivity contribution in [3.8, 4) is 0 Å². The lowest BCUT2D eigenvalue weighted by molar-refractivity contribution is -0.151. The van der Waals surface area contributed by atoms with Gasteiger partial charge in [-0.05, 0) is 76.0 Å². The molecular weight excluding hydrogens is 400 g/mol. The van der Waals surface area contributed by atoms with Crippen LogP contribution in [-0.2, 0) is 19.1 Å². The first-order valence-corrected chi connectivity index (χ1v) is 13.0. The normalized spacial score (nSPS) is 30.4. The number of carbonyl (C=O) groups is 2. The van der Waals surface area contributed by atoms with Crippen molar-refractivity contribution in [3.63, 3.8) is 0 Å². The smallest absolute Gasteiger partial charge is 0.333 e. The Balaban J connectivity index is 2.10. The molecule has 0 spiro atoms. The van der Waals surface area contributed by atoms with E-state index in [1.807, 2.05) is 0 Å². The van der Waals surface area contributed by atoms with Gasteiger partial charge in [-0.1, -0.05) is 65.5 Å². The molecule has 0 aliphatic heterocycles. The third kappa shape index (κ3) is 7.78. The van der Waals surface area contributed by atoms with Crippen LogP contribution in [0.3, 0.4) is 0 Å². The quantitative estimate of drug-likeness (QED) is 0.249. The molecule has 32 heavy (non-hydrogen) atoms. The van der Waals surface area contributed by atoms with Crippen molar-refractivity contribution in [2.75, 3.05) is 0 Å². The molecule has 2 fully saturated rings. The Kier molecular flexibility index (Phi) is 11.0. The fourth-order valence-corrected chi connectivity index (χ4v) is 5.93. The monoisotopic (exact) mass is 446 g/mol. The van der Waals surface area contributed by atoms with Crippen LogP contribution in [-0.4, -0.2) is 24.1 Å². The van der Waals surface area contributed by atoms with Crippen molar-refractivity contribution in [2.45, 2.75) is 117 Å². The minimum atomic E-state index is -0.247. The average molecular weight is 447 g/mol. The van der Waals surface area contributed by atoms with E-state index in [1.165, 1.54) is 38.5 Å². The van der Waals surface area contributed by atoms with Gasteiger partial charge < -0.3 is 9.47 Å². The Bertz CT molecular complexity index is 596. The summed E-state index contributed by atoms with van der Waals surface area (Å²) in [5.41, 5.74) is 0.971. The van der Waals surface area contributed by atoms with Gasteiger partial charge in [-0.25, -0.2) is 9.59 Å². The van der Waals surface area contributed by atoms with Crippen molar-refractivity contribution in [3.05, 3.63) is 24.3 Å². The molecule has 0 N–H and O–H groups in total. The molecule has 4 heteroatoms. The highest BCUT2D eigenvalue weighted by molar-refractivity contribution is 5.87. The SMILES string of the molecule is C=C(C)C(=O)OC1CCC(C2CCC(OC(=O)C(=C)C)CC2CCCC)C(CCCC)C1. The second-order valence-corrected chi connectivity index (χ2v) is 10.4. The van der Waals surface area contributed by atoms with Crippen LogP contribution in [0.5, 0.6) is 0 Å². The number of carbonyl (C=O) groups excluding carboxylic acids is 2. The third-order valence-corrected chi connectivity index (χ3v) is 7.64. The van der Waals surface area contributed by atoms with E-state index in [9.17, 15) is 9.59 Å². The second kappa shape index (κ2) is 13.2. The topological polar surface area (TPSA) is 52.6 Å². The van der Waals surface area contributed by atoms with Gasteiger partial charge in [-0.15, -0.1) is 0 Å². The number of ether oxygens (including phenoxy) is 2. The summed E-state index contributed by atoms with van der Waals surface area (Å²) in [4.78, 5) is 24.2. The zero-order chi connectivity index (χ0) is 23.7. The summed E-state index contributed by atoms with van der Waals surface area (Å²) in [5, 5.41) is 0. The Morgan fingerprint density at radius 2 is 1.09 bits per heavy atom. The van der Waals surface area contributed by atoms with Crippen LogP contribution < -0.4 is 0 Å². The molecule has 2 rings (SSSR count). The van der Waals surface area contributed by atoms with Gasteiger partial charge >= 0.3 is 11.9 Å². The van der Waals surface area contributed by atoms with Crippen LogP contribution in [0.15, 0.2) is 24.3 Å². The maximum Gasteiger partial charge on any atom is 0.333 e. The number of hydrogen-bond donors (Lipinski definition) is 0. The van der Waals surface area contributed by atoms with Crippen molar-refractivity contribution < 1.29 is 19.1 Å². The van der Waals surface area contributed by atoms with Gasteiger partial charge in [-0.2, -0.15) is 0 Å². The van der Waals surface area contributed by atoms with Gasteiger partial charge in [-0.3, -0.25) is 0 Å². The summed E-state index contributed by atoms with van der Waals surface area (Å²) in [7, 11) is 0. The average Bonchev–Trinajstić information content (AvgIpc) is 2.76. The Labute approximate surface area is 196 Å². The first kappa shape index (κ1) is 26.7. The molecule has 0 amide bonds. The van der Waals surface area contributed by atoms with Crippen LogP contribution in [0.1, 0.15) is 105 Å². The minimum absolute atomic E-state index is 0.0271. The summed E-state index contributed by atoms with van der Waals surface area (Å²) in [5.74, 6) is 2.08. The predicted octanol–water partition coefficient (Wildman–Crippen LogP) is 7.18. The maximum atomic E-state index is 12.1. The Morgan fingerprint density at radius 3 is 1.41 bits per heavy atom. The van der Waals surface area contributed by atoms with E-state index in [4.69, 9.17) is 9.47 Å². The molecule has 0 aromatic rings. The van der Waals surface area contributed by atoms with Crippen molar-refractivity contribution in [1.82, 2.24) is 0 Å². The van der Waals surface area contributed by atoms with Crippen LogP contribution in [0.4, 0.5) is 0 Å². The fraction of sp³-hybridized carbons (Fsp3) is 0.786. The number of esters is 2. The Hall–Kier alpha value is -1.58. The van der Waals surface area contributed by atoms with Crippen LogP contribution in [0.25, 0.3) is 0 Å². The van der Waals surface area contributed by atoms with E-state index in [0.29, 0.717) is 34.8 Å². The predicted molar refractivity (Wildman–Crippen MR) is 130 cm³/mol. The molecule has 0 heterocycles. The minimum Gasteiger partial charge on any atom is -0.459 e. The highest BCUT2D eigenvalue weighted by Gasteiger charge is 2.42. The summed E-state index contributed by atoms with van der Waals surface area (Å²) >= 11 is 0. The molecule has 0 bridgehead atoms. The highest BCUT2D eigenvalue weighted by Crippen LogP contribution is 2.48. The molecule has 0 saturated heterocycles. The summed E-state index contributed by atoms with van der Waals surface area (Å²) in [6.45, 7) is 15.4. The van der Waals surface area contributed by atoms with Gasteiger partial charge in [0, 0.05) is 11.1 Å². The molecule has 0 aromatic heterocycles. The van der Waals surface area contributed by atoms with E-state index in [2.05, 4.69) is 27.0 Å². The fourth-order valence-electron chi connectivity index (χ4n) is 5.93. The second-order valence-electron chi connectivity index (χ2n) is 10.4. The Morgan fingerprint density at radius 1 is 0.719 bits per heavy atom. The van der Waals surface area contributed by atoms with Gasteiger partial charge in [0.25, 0.3) is 0 Å². The lowest BCUT2D eigenvalue weighted by atomic mass is 9.61. The number of unbranched alkanes of at least 4 members (excludes halogenated alkanes) is 2. The molecular formula is C28H46O4. The highest BCUT2D eigenvalue weighted by atomic mass is 16.5. The molecule has 2 aliphatic rings. The van der Waals surface area contributed by atoms with Gasteiger partial charge in [0.05, 0.1) is 0 Å². The number of hydrogen-bond acceptors (Lipinski definition) is 4. The molecule has 2 saturated carbocycles. The van der Waals surface area contributed by atoms with Gasteiger partial charge in [0.15, 0.2) is 0 Å². The van der Waals surface area contributed by atoms with E-state index < -0.39 is 0 Å². The van der Waals surface area contributed by atoms with E-state index >= 15 is 0 Å². The molecule has 4 nitrogen and oxygen atoms in total. The lowest BCUT2D eigenvalue weighted by Crippen LogP contribution is -2.41. The van der Waals surface area contributed by atoms with Gasteiger partial charge in [0.1, 0.15) is 12.2 Å². The zero-order valence-corrected chi connectivity index (χ0v) is 21.0. The van der Waals surface area contributed by atoms with Crippen molar-refractivity contribution in [1.29, 1.82) is 0 Å². The molecule has 182 valence electrons. The molecule has 0 aromatic carbocycles. The number of rotatable bonds is 11.